The van der Waals surface area contributed by atoms with Crippen molar-refractivity contribution in [3.63, 3.8) is 0 Å². The summed E-state index contributed by atoms with van der Waals surface area (Å²) >= 11 is 0. The molecule has 1 aromatic heterocycles. The van der Waals surface area contributed by atoms with Crippen LogP contribution in [0.2, 0.25) is 0 Å². The maximum Gasteiger partial charge on any atom is 0.133 e. The average molecular weight is 235 g/mol. The zero-order valence-electron chi connectivity index (χ0n) is 10.6. The van der Waals surface area contributed by atoms with E-state index in [1.54, 1.807) is 7.11 Å². The van der Waals surface area contributed by atoms with Crippen LogP contribution in [0, 0.1) is 0 Å². The fourth-order valence-electron chi connectivity index (χ4n) is 2.33. The summed E-state index contributed by atoms with van der Waals surface area (Å²) in [6.45, 7) is 3.99. The number of hydrogen-bond donors (Lipinski definition) is 1. The van der Waals surface area contributed by atoms with E-state index in [-0.39, 0.29) is 6.04 Å². The topological polar surface area (TPSA) is 51.4 Å². The van der Waals surface area contributed by atoms with Gasteiger partial charge < -0.3 is 15.4 Å². The number of nitrogens with two attached hydrogens (primary N) is 1. The maximum atomic E-state index is 5.98. The molecule has 1 aliphatic heterocycles. The molecule has 0 spiro atoms. The van der Waals surface area contributed by atoms with Gasteiger partial charge in [0, 0.05) is 38.0 Å². The fraction of sp³-hybridized carbons (Fsp3) is 0.615. The molecule has 0 saturated carbocycles. The molecule has 94 valence electrons. The number of aromatic nitrogens is 1. The van der Waals surface area contributed by atoms with Gasteiger partial charge in [0.15, 0.2) is 0 Å². The lowest BCUT2D eigenvalue weighted by molar-refractivity contribution is 0.0817. The van der Waals surface area contributed by atoms with E-state index in [1.807, 2.05) is 19.2 Å². The van der Waals surface area contributed by atoms with E-state index in [9.17, 15) is 0 Å². The van der Waals surface area contributed by atoms with Crippen molar-refractivity contribution in [2.45, 2.75) is 31.9 Å². The van der Waals surface area contributed by atoms with Gasteiger partial charge in [-0.1, -0.05) is 6.07 Å². The highest BCUT2D eigenvalue weighted by Gasteiger charge is 2.22. The highest BCUT2D eigenvalue weighted by atomic mass is 16.5. The molecule has 2 heterocycles. The van der Waals surface area contributed by atoms with Gasteiger partial charge in [-0.05, 0) is 25.8 Å². The molecule has 2 rings (SSSR count). The lowest BCUT2D eigenvalue weighted by Crippen LogP contribution is -2.38. The summed E-state index contributed by atoms with van der Waals surface area (Å²) in [5.74, 6) is 1.04. The van der Waals surface area contributed by atoms with Gasteiger partial charge >= 0.3 is 0 Å². The summed E-state index contributed by atoms with van der Waals surface area (Å²) in [4.78, 5) is 6.79. The number of piperidine rings is 1. The Labute approximate surface area is 103 Å². The molecule has 2 N–H and O–H groups in total. The van der Waals surface area contributed by atoms with E-state index in [0.717, 1.165) is 37.3 Å². The SMILES string of the molecule is COC1CCN(c2ncccc2[C@H](C)N)CC1. The Morgan fingerprint density at radius 1 is 1.47 bits per heavy atom. The summed E-state index contributed by atoms with van der Waals surface area (Å²) in [5.41, 5.74) is 7.11. The van der Waals surface area contributed by atoms with E-state index in [4.69, 9.17) is 10.5 Å². The molecule has 0 bridgehead atoms. The first-order valence-corrected chi connectivity index (χ1v) is 6.20. The van der Waals surface area contributed by atoms with Crippen LogP contribution in [0.1, 0.15) is 31.4 Å². The maximum absolute atomic E-state index is 5.98. The minimum absolute atomic E-state index is 0.0267. The molecular formula is C13H21N3O. The van der Waals surface area contributed by atoms with Crippen molar-refractivity contribution >= 4 is 5.82 Å². The van der Waals surface area contributed by atoms with Gasteiger partial charge in [0.1, 0.15) is 5.82 Å². The van der Waals surface area contributed by atoms with Crippen molar-refractivity contribution in [1.29, 1.82) is 0 Å². The summed E-state index contributed by atoms with van der Waals surface area (Å²) in [6, 6.07) is 4.04. The van der Waals surface area contributed by atoms with Crippen molar-refractivity contribution in [3.8, 4) is 0 Å². The van der Waals surface area contributed by atoms with Crippen LogP contribution in [0.25, 0.3) is 0 Å². The molecule has 1 saturated heterocycles. The van der Waals surface area contributed by atoms with Crippen molar-refractivity contribution in [3.05, 3.63) is 23.9 Å². The molecule has 1 aliphatic rings. The third-order valence-corrected chi connectivity index (χ3v) is 3.38. The quantitative estimate of drug-likeness (QED) is 0.866. The molecule has 0 radical (unpaired) electrons. The van der Waals surface area contributed by atoms with E-state index in [2.05, 4.69) is 16.0 Å². The van der Waals surface area contributed by atoms with Crippen LogP contribution in [0.4, 0.5) is 5.82 Å². The Balaban J connectivity index is 2.13. The Morgan fingerprint density at radius 3 is 2.76 bits per heavy atom. The van der Waals surface area contributed by atoms with Crippen molar-refractivity contribution in [2.75, 3.05) is 25.1 Å². The van der Waals surface area contributed by atoms with Gasteiger partial charge in [-0.25, -0.2) is 4.98 Å². The number of rotatable bonds is 3. The summed E-state index contributed by atoms with van der Waals surface area (Å²) < 4.78 is 5.38. The first-order chi connectivity index (χ1) is 8.22. The Morgan fingerprint density at radius 2 is 2.18 bits per heavy atom. The van der Waals surface area contributed by atoms with Crippen LogP contribution < -0.4 is 10.6 Å². The van der Waals surface area contributed by atoms with Gasteiger partial charge in [-0.2, -0.15) is 0 Å². The highest BCUT2D eigenvalue weighted by molar-refractivity contribution is 5.48. The van der Waals surface area contributed by atoms with Crippen LogP contribution in [0.5, 0.6) is 0 Å². The first kappa shape index (κ1) is 12.3. The third kappa shape index (κ3) is 2.76. The zero-order valence-corrected chi connectivity index (χ0v) is 10.6. The number of pyridine rings is 1. The first-order valence-electron chi connectivity index (χ1n) is 6.20. The van der Waals surface area contributed by atoms with Crippen molar-refractivity contribution in [2.24, 2.45) is 5.73 Å². The van der Waals surface area contributed by atoms with Crippen molar-refractivity contribution < 1.29 is 4.74 Å². The predicted octanol–water partition coefficient (Wildman–Crippen LogP) is 1.72. The lowest BCUT2D eigenvalue weighted by atomic mass is 10.1. The normalized spacial score (nSPS) is 19.4. The Kier molecular flexibility index (Phi) is 3.97. The molecular weight excluding hydrogens is 214 g/mol. The van der Waals surface area contributed by atoms with Crippen LogP contribution in [-0.2, 0) is 4.74 Å². The predicted molar refractivity (Wildman–Crippen MR) is 69.1 cm³/mol. The van der Waals surface area contributed by atoms with Gasteiger partial charge in [-0.15, -0.1) is 0 Å². The third-order valence-electron chi connectivity index (χ3n) is 3.38. The van der Waals surface area contributed by atoms with Gasteiger partial charge in [0.05, 0.1) is 6.10 Å². The molecule has 4 heteroatoms. The van der Waals surface area contributed by atoms with Crippen molar-refractivity contribution in [1.82, 2.24) is 4.98 Å². The standard InChI is InChI=1S/C13H21N3O/c1-10(14)12-4-3-7-15-13(12)16-8-5-11(17-2)6-9-16/h3-4,7,10-11H,5-6,8-9,14H2,1-2H3/t10-/m0/s1. The van der Waals surface area contributed by atoms with E-state index < -0.39 is 0 Å². The van der Waals surface area contributed by atoms with Gasteiger partial charge in [0.2, 0.25) is 0 Å². The second-order valence-corrected chi connectivity index (χ2v) is 4.63. The number of anilines is 1. The molecule has 0 unspecified atom stereocenters. The highest BCUT2D eigenvalue weighted by Crippen LogP contribution is 2.25. The zero-order chi connectivity index (χ0) is 12.3. The average Bonchev–Trinajstić information content (AvgIpc) is 2.39. The van der Waals surface area contributed by atoms with E-state index in [1.165, 1.54) is 0 Å². The monoisotopic (exact) mass is 235 g/mol. The molecule has 1 atom stereocenters. The largest absolute Gasteiger partial charge is 0.381 e. The minimum atomic E-state index is 0.0267. The number of methoxy groups -OCH3 is 1. The molecule has 1 aromatic rings. The van der Waals surface area contributed by atoms with Crippen LogP contribution in [0.3, 0.4) is 0 Å². The molecule has 1 fully saturated rings. The number of hydrogen-bond acceptors (Lipinski definition) is 4. The van der Waals surface area contributed by atoms with Crippen LogP contribution >= 0.6 is 0 Å². The van der Waals surface area contributed by atoms with Gasteiger partial charge in [0.25, 0.3) is 0 Å². The lowest BCUT2D eigenvalue weighted by Gasteiger charge is -2.33. The summed E-state index contributed by atoms with van der Waals surface area (Å²) in [6.07, 6.45) is 4.36. The number of nitrogens with zero attached hydrogens (tertiary/aromatic N) is 2. The van der Waals surface area contributed by atoms with Crippen LogP contribution in [0.15, 0.2) is 18.3 Å². The fourth-order valence-corrected chi connectivity index (χ4v) is 2.33. The Bertz CT molecular complexity index is 359. The second kappa shape index (κ2) is 5.47. The van der Waals surface area contributed by atoms with Crippen LogP contribution in [-0.4, -0.2) is 31.3 Å². The Hall–Kier alpha value is -1.13. The minimum Gasteiger partial charge on any atom is -0.381 e. The molecule has 0 aliphatic carbocycles. The summed E-state index contributed by atoms with van der Waals surface area (Å²) in [7, 11) is 1.79. The van der Waals surface area contributed by atoms with Gasteiger partial charge in [-0.3, -0.25) is 0 Å². The van der Waals surface area contributed by atoms with E-state index in [0.29, 0.717) is 6.10 Å². The molecule has 0 amide bonds. The smallest absolute Gasteiger partial charge is 0.133 e. The van der Waals surface area contributed by atoms with E-state index >= 15 is 0 Å². The second-order valence-electron chi connectivity index (χ2n) is 4.63. The molecule has 17 heavy (non-hydrogen) atoms. The summed E-state index contributed by atoms with van der Waals surface area (Å²) in [5, 5.41) is 0. The molecule has 4 nitrogen and oxygen atoms in total. The molecule has 0 aromatic carbocycles. The number of ether oxygens (including phenoxy) is 1.